The summed E-state index contributed by atoms with van der Waals surface area (Å²) >= 11 is 0. The fourth-order valence-electron chi connectivity index (χ4n) is 2.17. The van der Waals surface area contributed by atoms with E-state index in [1.165, 1.54) is 25.8 Å². The van der Waals surface area contributed by atoms with Gasteiger partial charge in [0.15, 0.2) is 0 Å². The van der Waals surface area contributed by atoms with Gasteiger partial charge in [0.25, 0.3) is 0 Å². The molecule has 0 aromatic rings. The van der Waals surface area contributed by atoms with Crippen LogP contribution in [0, 0.1) is 5.92 Å². The van der Waals surface area contributed by atoms with E-state index in [4.69, 9.17) is 4.74 Å². The highest BCUT2D eigenvalue weighted by Crippen LogP contribution is 2.29. The van der Waals surface area contributed by atoms with Crippen LogP contribution in [-0.4, -0.2) is 55.2 Å². The average Bonchev–Trinajstić information content (AvgIpc) is 2.98. The number of hydrogen-bond donors (Lipinski definition) is 0. The van der Waals surface area contributed by atoms with E-state index in [2.05, 4.69) is 11.8 Å². The summed E-state index contributed by atoms with van der Waals surface area (Å²) in [4.78, 5) is 15.6. The van der Waals surface area contributed by atoms with Gasteiger partial charge in [0, 0.05) is 19.6 Å². The van der Waals surface area contributed by atoms with Gasteiger partial charge in [-0.25, -0.2) is 4.79 Å². The molecule has 1 saturated carbocycles. The molecule has 0 radical (unpaired) electrons. The third-order valence-corrected chi connectivity index (χ3v) is 3.28. The largest absolute Gasteiger partial charge is 0.448 e. The van der Waals surface area contributed by atoms with E-state index < -0.39 is 0 Å². The lowest BCUT2D eigenvalue weighted by molar-refractivity contribution is 0.153. The van der Waals surface area contributed by atoms with Crippen LogP contribution < -0.4 is 0 Å². The second kappa shape index (κ2) is 5.53. The minimum atomic E-state index is -0.136. The van der Waals surface area contributed by atoms with Crippen LogP contribution in [0.2, 0.25) is 0 Å². The molecule has 1 aliphatic heterocycles. The summed E-state index contributed by atoms with van der Waals surface area (Å²) < 4.78 is 4.92. The Morgan fingerprint density at radius 3 is 2.81 bits per heavy atom. The molecule has 0 unspecified atom stereocenters. The highest BCUT2D eigenvalue weighted by molar-refractivity contribution is 5.69. The second-order valence-corrected chi connectivity index (χ2v) is 4.85. The molecule has 0 aromatic heterocycles. The molecule has 0 atom stereocenters. The van der Waals surface area contributed by atoms with Crippen molar-refractivity contribution in [3.63, 3.8) is 0 Å². The van der Waals surface area contributed by atoms with Crippen LogP contribution in [0.15, 0.2) is 0 Å². The van der Waals surface area contributed by atoms with Crippen molar-refractivity contribution in [3.05, 3.63) is 0 Å². The number of carbonyl (C=O) groups is 1. The Kier molecular flexibility index (Phi) is 4.04. The van der Waals surface area contributed by atoms with Gasteiger partial charge in [-0.1, -0.05) is 6.92 Å². The molecule has 1 aliphatic carbocycles. The molecule has 4 nitrogen and oxygen atoms in total. The van der Waals surface area contributed by atoms with Crippen molar-refractivity contribution in [1.82, 2.24) is 9.80 Å². The maximum absolute atomic E-state index is 11.3. The molecule has 2 aliphatic rings. The summed E-state index contributed by atoms with van der Waals surface area (Å²) in [5.74, 6) is 0.928. The Bertz CT molecular complexity index is 241. The van der Waals surface area contributed by atoms with Crippen molar-refractivity contribution in [2.24, 2.45) is 5.92 Å². The molecule has 0 spiro atoms. The number of hydrogen-bond acceptors (Lipinski definition) is 3. The standard InChI is InChI=1S/C12H22N2O2/c1-2-5-13(10-11-3-4-11)6-7-14-8-9-16-12(14)15/h11H,2-10H2,1H3. The fraction of sp³-hybridized carbons (Fsp3) is 0.917. The van der Waals surface area contributed by atoms with E-state index >= 15 is 0 Å². The first-order chi connectivity index (χ1) is 7.79. The van der Waals surface area contributed by atoms with Gasteiger partial charge in [-0.15, -0.1) is 0 Å². The lowest BCUT2D eigenvalue weighted by Crippen LogP contribution is -2.37. The lowest BCUT2D eigenvalue weighted by atomic mass is 10.3. The maximum atomic E-state index is 11.3. The molecule has 1 saturated heterocycles. The smallest absolute Gasteiger partial charge is 0.409 e. The predicted molar refractivity (Wildman–Crippen MR) is 62.4 cm³/mol. The van der Waals surface area contributed by atoms with Crippen molar-refractivity contribution < 1.29 is 9.53 Å². The number of ether oxygens (including phenoxy) is 1. The molecule has 92 valence electrons. The van der Waals surface area contributed by atoms with Gasteiger partial charge < -0.3 is 14.5 Å². The van der Waals surface area contributed by atoms with Gasteiger partial charge in [-0.05, 0) is 31.7 Å². The zero-order valence-corrected chi connectivity index (χ0v) is 10.2. The van der Waals surface area contributed by atoms with Gasteiger partial charge in [-0.3, -0.25) is 0 Å². The Morgan fingerprint density at radius 2 is 2.25 bits per heavy atom. The molecular formula is C12H22N2O2. The van der Waals surface area contributed by atoms with E-state index in [9.17, 15) is 4.79 Å². The summed E-state index contributed by atoms with van der Waals surface area (Å²) in [6.07, 6.45) is 3.85. The number of rotatable bonds is 7. The van der Waals surface area contributed by atoms with Gasteiger partial charge in [0.1, 0.15) is 6.61 Å². The van der Waals surface area contributed by atoms with Gasteiger partial charge >= 0.3 is 6.09 Å². The first-order valence-electron chi connectivity index (χ1n) is 6.43. The highest BCUT2D eigenvalue weighted by Gasteiger charge is 2.26. The average molecular weight is 226 g/mol. The highest BCUT2D eigenvalue weighted by atomic mass is 16.6. The summed E-state index contributed by atoms with van der Waals surface area (Å²) in [5.41, 5.74) is 0. The third-order valence-electron chi connectivity index (χ3n) is 3.28. The fourth-order valence-corrected chi connectivity index (χ4v) is 2.17. The molecule has 2 rings (SSSR count). The van der Waals surface area contributed by atoms with Crippen molar-refractivity contribution in [1.29, 1.82) is 0 Å². The number of carbonyl (C=O) groups excluding carboxylic acids is 1. The zero-order chi connectivity index (χ0) is 11.4. The van der Waals surface area contributed by atoms with Crippen LogP contribution in [-0.2, 0) is 4.74 Å². The quantitative estimate of drug-likeness (QED) is 0.660. The van der Waals surface area contributed by atoms with Crippen LogP contribution in [0.3, 0.4) is 0 Å². The monoisotopic (exact) mass is 226 g/mol. The van der Waals surface area contributed by atoms with E-state index in [-0.39, 0.29) is 6.09 Å². The minimum absolute atomic E-state index is 0.136. The van der Waals surface area contributed by atoms with Crippen molar-refractivity contribution in [2.75, 3.05) is 39.3 Å². The maximum Gasteiger partial charge on any atom is 0.409 e. The molecule has 0 aromatic carbocycles. The Hall–Kier alpha value is -0.770. The van der Waals surface area contributed by atoms with Crippen molar-refractivity contribution >= 4 is 6.09 Å². The first-order valence-corrected chi connectivity index (χ1v) is 6.43. The third kappa shape index (κ3) is 3.37. The van der Waals surface area contributed by atoms with Crippen molar-refractivity contribution in [2.45, 2.75) is 26.2 Å². The Balaban J connectivity index is 1.69. The summed E-state index contributed by atoms with van der Waals surface area (Å²) in [7, 11) is 0. The molecule has 16 heavy (non-hydrogen) atoms. The molecule has 0 bridgehead atoms. The van der Waals surface area contributed by atoms with Crippen LogP contribution in [0.5, 0.6) is 0 Å². The minimum Gasteiger partial charge on any atom is -0.448 e. The zero-order valence-electron chi connectivity index (χ0n) is 10.2. The molecule has 4 heteroatoms. The van der Waals surface area contributed by atoms with Crippen LogP contribution in [0.25, 0.3) is 0 Å². The molecule has 0 N–H and O–H groups in total. The first kappa shape index (κ1) is 11.7. The Morgan fingerprint density at radius 1 is 1.44 bits per heavy atom. The summed E-state index contributed by atoms with van der Waals surface area (Å²) in [5, 5.41) is 0. The predicted octanol–water partition coefficient (Wildman–Crippen LogP) is 1.56. The molecule has 1 heterocycles. The number of amides is 1. The summed E-state index contributed by atoms with van der Waals surface area (Å²) in [6.45, 7) is 7.74. The second-order valence-electron chi connectivity index (χ2n) is 4.85. The number of nitrogens with zero attached hydrogens (tertiary/aromatic N) is 2. The number of cyclic esters (lactones) is 1. The van der Waals surface area contributed by atoms with E-state index in [0.717, 1.165) is 32.1 Å². The van der Waals surface area contributed by atoms with E-state index in [1.807, 2.05) is 4.90 Å². The molecular weight excluding hydrogens is 204 g/mol. The molecule has 1 amide bonds. The van der Waals surface area contributed by atoms with Crippen LogP contribution >= 0.6 is 0 Å². The molecule has 2 fully saturated rings. The van der Waals surface area contributed by atoms with Crippen molar-refractivity contribution in [3.8, 4) is 0 Å². The van der Waals surface area contributed by atoms with Gasteiger partial charge in [0.2, 0.25) is 0 Å². The van der Waals surface area contributed by atoms with Gasteiger partial charge in [-0.2, -0.15) is 0 Å². The SMILES string of the molecule is CCCN(CCN1CCOC1=O)CC1CC1. The lowest BCUT2D eigenvalue weighted by Gasteiger charge is -2.23. The summed E-state index contributed by atoms with van der Waals surface area (Å²) in [6, 6.07) is 0. The Labute approximate surface area is 97.5 Å². The topological polar surface area (TPSA) is 32.8 Å². The van der Waals surface area contributed by atoms with Gasteiger partial charge in [0.05, 0.1) is 6.54 Å². The normalized spacial score (nSPS) is 20.6. The van der Waals surface area contributed by atoms with E-state index in [0.29, 0.717) is 6.61 Å². The van der Waals surface area contributed by atoms with E-state index in [1.54, 1.807) is 0 Å². The van der Waals surface area contributed by atoms with Crippen LogP contribution in [0.1, 0.15) is 26.2 Å². The van der Waals surface area contributed by atoms with Crippen LogP contribution in [0.4, 0.5) is 4.79 Å².